The summed E-state index contributed by atoms with van der Waals surface area (Å²) in [6.45, 7) is 7.80. The number of hydrogen-bond acceptors (Lipinski definition) is 11. The van der Waals surface area contributed by atoms with E-state index in [1.807, 2.05) is 30.5 Å². The molecular weight excluding hydrogens is 787 g/mol. The summed E-state index contributed by atoms with van der Waals surface area (Å²) >= 11 is 0. The number of aromatic amines is 1. The molecule has 3 aliphatic carbocycles. The Morgan fingerprint density at radius 2 is 1.73 bits per heavy atom. The van der Waals surface area contributed by atoms with Gasteiger partial charge in [-0.15, -0.1) is 0 Å². The molecule has 2 aromatic carbocycles. The van der Waals surface area contributed by atoms with E-state index in [1.54, 1.807) is 18.2 Å². The number of esters is 2. The zero-order chi connectivity index (χ0) is 44.1. The van der Waals surface area contributed by atoms with E-state index >= 15 is 0 Å². The van der Waals surface area contributed by atoms with Crippen molar-refractivity contribution in [3.63, 3.8) is 0 Å². The summed E-state index contributed by atoms with van der Waals surface area (Å²) in [4.78, 5) is 29.4. The molecule has 0 saturated heterocycles. The van der Waals surface area contributed by atoms with E-state index in [0.29, 0.717) is 67.6 Å². The molecule has 4 aliphatic rings. The third-order valence-electron chi connectivity index (χ3n) is 14.6. The van der Waals surface area contributed by atoms with E-state index in [4.69, 9.17) is 19.9 Å². The number of fused-ring (bicyclic) bond motifs is 1. The second-order valence-electron chi connectivity index (χ2n) is 18.7. The second-order valence-corrected chi connectivity index (χ2v) is 18.7. The number of phenolic OH excluding ortho intramolecular Hbond substituents is 2. The minimum absolute atomic E-state index is 0.00690. The standard InChI is InChI=1S/C50H67N3O9/c1-28(2)39-24-44-43-20-34(39)17-35(18-36(27-55)41(43)25-42(31-7-5-8-37(58)19-31)50(44)45-9-6-13-52-45)47(62-30(4)57)23-38(61-29(3)56)11-10-32-21-48(60-16-15-54)46(59)26-40(32)33-12-14-53-49(51)22-33/h5-9,12-13,19,21-22,26,28,34-36,38-39,41-44,47,50,52-55,58-59H,10-11,14-18,20,23-25,27,51H2,1-4H3. The molecule has 0 radical (unpaired) electrons. The molecule has 11 atom stereocenters. The van der Waals surface area contributed by atoms with Crippen molar-refractivity contribution in [2.75, 3.05) is 26.4 Å². The Morgan fingerprint density at radius 3 is 2.40 bits per heavy atom. The third kappa shape index (κ3) is 10.3. The Bertz CT molecular complexity index is 2060. The van der Waals surface area contributed by atoms with Gasteiger partial charge in [0.05, 0.1) is 12.4 Å². The molecule has 12 heteroatoms. The normalized spacial score (nSPS) is 28.0. The molecule has 3 saturated carbocycles. The predicted molar refractivity (Wildman–Crippen MR) is 237 cm³/mol. The van der Waals surface area contributed by atoms with Crippen molar-refractivity contribution in [2.45, 2.75) is 103 Å². The van der Waals surface area contributed by atoms with Gasteiger partial charge in [0.25, 0.3) is 0 Å². The van der Waals surface area contributed by atoms with Crippen LogP contribution in [0.25, 0.3) is 5.57 Å². The first-order chi connectivity index (χ1) is 29.8. The minimum Gasteiger partial charge on any atom is -0.508 e. The first kappa shape index (κ1) is 45.1. The van der Waals surface area contributed by atoms with E-state index in [2.05, 4.69) is 42.3 Å². The second kappa shape index (κ2) is 20.1. The van der Waals surface area contributed by atoms with Crippen LogP contribution in [0.2, 0.25) is 0 Å². The van der Waals surface area contributed by atoms with Crippen LogP contribution >= 0.6 is 0 Å². The monoisotopic (exact) mass is 853 g/mol. The Morgan fingerprint density at radius 1 is 0.919 bits per heavy atom. The number of dihydropyridines is 1. The van der Waals surface area contributed by atoms with Crippen LogP contribution in [0.5, 0.6) is 17.2 Å². The molecule has 0 amide bonds. The van der Waals surface area contributed by atoms with Gasteiger partial charge >= 0.3 is 11.9 Å². The van der Waals surface area contributed by atoms with E-state index in [-0.39, 0.29) is 66.7 Å². The van der Waals surface area contributed by atoms with Gasteiger partial charge in [-0.25, -0.2) is 0 Å². The number of allylic oxidation sites excluding steroid dienone is 2. The average molecular weight is 854 g/mol. The van der Waals surface area contributed by atoms with E-state index in [0.717, 1.165) is 47.9 Å². The summed E-state index contributed by atoms with van der Waals surface area (Å²) in [5.74, 6) is 2.56. The first-order valence-electron chi connectivity index (χ1n) is 22.7. The van der Waals surface area contributed by atoms with Gasteiger partial charge in [-0.3, -0.25) is 9.59 Å². The quantitative estimate of drug-likeness (QED) is 0.0715. The fourth-order valence-corrected chi connectivity index (χ4v) is 12.2. The number of aliphatic hydroxyl groups is 2. The highest BCUT2D eigenvalue weighted by Crippen LogP contribution is 2.62. The summed E-state index contributed by atoms with van der Waals surface area (Å²) < 4.78 is 18.1. The lowest BCUT2D eigenvalue weighted by atomic mass is 9.47. The molecule has 3 fully saturated rings. The van der Waals surface area contributed by atoms with Gasteiger partial charge in [-0.2, -0.15) is 0 Å². The van der Waals surface area contributed by atoms with Crippen LogP contribution in [0.3, 0.4) is 0 Å². The van der Waals surface area contributed by atoms with Gasteiger partial charge in [0, 0.05) is 51.2 Å². The number of aryl methyl sites for hydroxylation is 1. The molecule has 11 unspecified atom stereocenters. The fraction of sp³-hybridized carbons (Fsp3) is 0.560. The number of ether oxygens (including phenoxy) is 3. The number of H-pyrrole nitrogens is 1. The van der Waals surface area contributed by atoms with E-state index in [9.17, 15) is 30.0 Å². The minimum atomic E-state index is -0.614. The van der Waals surface area contributed by atoms with Crippen LogP contribution in [-0.2, 0) is 25.5 Å². The number of nitrogens with one attached hydrogen (secondary N) is 2. The van der Waals surface area contributed by atoms with Crippen molar-refractivity contribution in [1.29, 1.82) is 0 Å². The summed E-state index contributed by atoms with van der Waals surface area (Å²) in [5.41, 5.74) is 10.9. The van der Waals surface area contributed by atoms with Gasteiger partial charge in [0.15, 0.2) is 11.5 Å². The molecule has 1 aliphatic heterocycles. The molecule has 336 valence electrons. The summed E-state index contributed by atoms with van der Waals surface area (Å²) in [6.07, 6.45) is 10.2. The highest BCUT2D eigenvalue weighted by Gasteiger charge is 2.54. The van der Waals surface area contributed by atoms with E-state index < -0.39 is 24.1 Å². The lowest BCUT2D eigenvalue weighted by Crippen LogP contribution is -2.50. The maximum atomic E-state index is 13.0. The van der Waals surface area contributed by atoms with Crippen LogP contribution in [-0.4, -0.2) is 75.9 Å². The van der Waals surface area contributed by atoms with Crippen molar-refractivity contribution in [3.8, 4) is 17.2 Å². The van der Waals surface area contributed by atoms with Crippen molar-refractivity contribution in [2.24, 2.45) is 53.1 Å². The van der Waals surface area contributed by atoms with Gasteiger partial charge < -0.3 is 50.7 Å². The van der Waals surface area contributed by atoms with Crippen LogP contribution in [0.15, 0.2) is 72.7 Å². The predicted octanol–water partition coefficient (Wildman–Crippen LogP) is 7.29. The zero-order valence-electron chi connectivity index (χ0n) is 36.7. The molecule has 8 N–H and O–H groups in total. The maximum absolute atomic E-state index is 13.0. The Hall–Kier alpha value is -4.94. The molecule has 7 rings (SSSR count). The SMILES string of the molecule is CC(=O)OC(CCc1cc(OCCO)c(O)cc1C1=CCNC(N)=C1)CC(OC(C)=O)C1CC2CC3C(CC(c4cccc(O)c4)C(c4ccc[nH]4)C3CC2C(C)C)C(CO)C1. The van der Waals surface area contributed by atoms with Crippen molar-refractivity contribution in [3.05, 3.63) is 95.1 Å². The molecule has 3 aromatic rings. The van der Waals surface area contributed by atoms with Crippen molar-refractivity contribution < 1.29 is 44.2 Å². The number of benzene rings is 2. The Kier molecular flexibility index (Phi) is 14.6. The van der Waals surface area contributed by atoms with Crippen LogP contribution in [0.1, 0.15) is 107 Å². The number of phenols is 2. The summed E-state index contributed by atoms with van der Waals surface area (Å²) in [5, 5.41) is 45.5. The van der Waals surface area contributed by atoms with E-state index in [1.165, 1.54) is 19.5 Å². The number of aromatic nitrogens is 1. The Labute approximate surface area is 365 Å². The molecule has 2 heterocycles. The largest absolute Gasteiger partial charge is 0.508 e. The molecule has 2 bridgehead atoms. The Balaban J connectivity index is 1.21. The molecule has 1 aromatic heterocycles. The summed E-state index contributed by atoms with van der Waals surface area (Å²) in [6, 6.07) is 15.4. The zero-order valence-corrected chi connectivity index (χ0v) is 36.7. The highest BCUT2D eigenvalue weighted by molar-refractivity contribution is 5.79. The average Bonchev–Trinajstić information content (AvgIpc) is 3.76. The van der Waals surface area contributed by atoms with Crippen molar-refractivity contribution >= 4 is 17.5 Å². The molecular formula is C50H67N3O9. The summed E-state index contributed by atoms with van der Waals surface area (Å²) in [7, 11) is 0. The fourth-order valence-electron chi connectivity index (χ4n) is 12.2. The molecule has 0 spiro atoms. The van der Waals surface area contributed by atoms with Crippen LogP contribution in [0.4, 0.5) is 0 Å². The van der Waals surface area contributed by atoms with Crippen LogP contribution < -0.4 is 15.8 Å². The lowest BCUT2D eigenvalue weighted by Gasteiger charge is -2.57. The number of aliphatic hydroxyl groups excluding tert-OH is 2. The number of carbonyl (C=O) groups is 2. The number of carbonyl (C=O) groups excluding carboxylic acids is 2. The first-order valence-corrected chi connectivity index (χ1v) is 22.7. The molecule has 12 nitrogen and oxygen atoms in total. The number of nitrogens with two attached hydrogens (primary N) is 1. The van der Waals surface area contributed by atoms with Gasteiger partial charge in [0.2, 0.25) is 0 Å². The van der Waals surface area contributed by atoms with Crippen LogP contribution in [0, 0.1) is 47.3 Å². The van der Waals surface area contributed by atoms with Gasteiger partial charge in [-0.05, 0) is 163 Å². The molecule has 62 heavy (non-hydrogen) atoms. The maximum Gasteiger partial charge on any atom is 0.302 e. The lowest BCUT2D eigenvalue weighted by molar-refractivity contribution is -0.158. The highest BCUT2D eigenvalue weighted by atomic mass is 16.6. The van der Waals surface area contributed by atoms with Gasteiger partial charge in [-0.1, -0.05) is 32.1 Å². The smallest absolute Gasteiger partial charge is 0.302 e. The number of aromatic hydroxyl groups is 2. The van der Waals surface area contributed by atoms with Crippen molar-refractivity contribution in [1.82, 2.24) is 10.3 Å². The third-order valence-corrected chi connectivity index (χ3v) is 14.6. The number of rotatable bonds is 16. The number of hydrogen-bond donors (Lipinski definition) is 7. The van der Waals surface area contributed by atoms with Gasteiger partial charge in [0.1, 0.15) is 24.6 Å². The topological polar surface area (TPSA) is 197 Å².